The molecule has 3 rings (SSSR count). The number of nitrogens with zero attached hydrogens (tertiary/aromatic N) is 1. The second-order valence-electron chi connectivity index (χ2n) is 6.04. The van der Waals surface area contributed by atoms with E-state index in [1.54, 1.807) is 6.07 Å². The normalized spacial score (nSPS) is 22.6. The molecule has 0 spiro atoms. The predicted octanol–water partition coefficient (Wildman–Crippen LogP) is 3.48. The number of aliphatic hydroxyl groups is 1. The molecule has 21 heavy (non-hydrogen) atoms. The second-order valence-corrected chi connectivity index (χ2v) is 6.45. The van der Waals surface area contributed by atoms with Crippen LogP contribution in [0.15, 0.2) is 12.1 Å². The molecule has 1 aromatic carbocycles. The van der Waals surface area contributed by atoms with Crippen LogP contribution in [0.5, 0.6) is 0 Å². The lowest BCUT2D eigenvalue weighted by atomic mass is 10.1. The zero-order chi connectivity index (χ0) is 15.0. The number of halogens is 1. The molecular formula is C16H21ClN2O2. The van der Waals surface area contributed by atoms with E-state index >= 15 is 0 Å². The molecule has 0 bridgehead atoms. The SMILES string of the molecule is CN(c1cc2c(cc1Cl)C(O)C(=O)N2)C1CCCCCC1. The number of anilines is 2. The van der Waals surface area contributed by atoms with E-state index in [1.807, 2.05) is 6.07 Å². The average Bonchev–Trinajstić information content (AvgIpc) is 2.68. The predicted molar refractivity (Wildman–Crippen MR) is 84.9 cm³/mol. The van der Waals surface area contributed by atoms with Crippen molar-refractivity contribution in [1.29, 1.82) is 0 Å². The van der Waals surface area contributed by atoms with E-state index in [4.69, 9.17) is 11.6 Å². The fourth-order valence-electron chi connectivity index (χ4n) is 3.37. The van der Waals surface area contributed by atoms with E-state index < -0.39 is 6.10 Å². The number of rotatable bonds is 2. The van der Waals surface area contributed by atoms with E-state index in [-0.39, 0.29) is 5.91 Å². The molecule has 1 unspecified atom stereocenters. The van der Waals surface area contributed by atoms with Crippen LogP contribution in [0.1, 0.15) is 50.2 Å². The van der Waals surface area contributed by atoms with Gasteiger partial charge in [0.05, 0.1) is 10.7 Å². The Kier molecular flexibility index (Phi) is 4.09. The molecule has 5 heteroatoms. The summed E-state index contributed by atoms with van der Waals surface area (Å²) in [5.41, 5.74) is 2.17. The highest BCUT2D eigenvalue weighted by atomic mass is 35.5. The minimum absolute atomic E-state index is 0.379. The number of fused-ring (bicyclic) bond motifs is 1. The standard InChI is InChI=1S/C16H21ClN2O2/c1-19(10-6-4-2-3-5-7-10)14-9-13-11(8-12(14)17)15(20)16(21)18-13/h8-10,15,20H,2-7H2,1H3,(H,18,21). The summed E-state index contributed by atoms with van der Waals surface area (Å²) in [6.07, 6.45) is 6.39. The molecule has 1 fully saturated rings. The summed E-state index contributed by atoms with van der Waals surface area (Å²) in [4.78, 5) is 13.8. The van der Waals surface area contributed by atoms with Crippen LogP contribution in [0.4, 0.5) is 11.4 Å². The fourth-order valence-corrected chi connectivity index (χ4v) is 3.67. The summed E-state index contributed by atoms with van der Waals surface area (Å²) in [7, 11) is 2.07. The minimum Gasteiger partial charge on any atom is -0.378 e. The van der Waals surface area contributed by atoms with Crippen molar-refractivity contribution in [2.75, 3.05) is 17.3 Å². The maximum Gasteiger partial charge on any atom is 0.257 e. The molecule has 114 valence electrons. The Labute approximate surface area is 130 Å². The molecule has 0 aromatic heterocycles. The van der Waals surface area contributed by atoms with Crippen LogP contribution in [0.2, 0.25) is 5.02 Å². The van der Waals surface area contributed by atoms with Crippen LogP contribution in [-0.4, -0.2) is 24.1 Å². The molecule has 0 radical (unpaired) electrons. The maximum atomic E-state index is 11.6. The molecule has 1 heterocycles. The van der Waals surface area contributed by atoms with Crippen molar-refractivity contribution in [1.82, 2.24) is 0 Å². The van der Waals surface area contributed by atoms with Gasteiger partial charge in [-0.2, -0.15) is 0 Å². The monoisotopic (exact) mass is 308 g/mol. The summed E-state index contributed by atoms with van der Waals surface area (Å²) in [5.74, 6) is -0.379. The van der Waals surface area contributed by atoms with Gasteiger partial charge in [0.2, 0.25) is 0 Å². The van der Waals surface area contributed by atoms with Gasteiger partial charge in [-0.05, 0) is 25.0 Å². The Balaban J connectivity index is 1.88. The lowest BCUT2D eigenvalue weighted by molar-refractivity contribution is -0.123. The number of carbonyl (C=O) groups excluding carboxylic acids is 1. The number of aliphatic hydroxyl groups excluding tert-OH is 1. The first kappa shape index (κ1) is 14.7. The van der Waals surface area contributed by atoms with Crippen LogP contribution >= 0.6 is 11.6 Å². The highest BCUT2D eigenvalue weighted by Gasteiger charge is 2.30. The van der Waals surface area contributed by atoms with Crippen molar-refractivity contribution in [2.45, 2.75) is 50.7 Å². The second kappa shape index (κ2) is 5.85. The molecule has 1 aliphatic heterocycles. The summed E-state index contributed by atoms with van der Waals surface area (Å²) in [5, 5.41) is 13.1. The van der Waals surface area contributed by atoms with E-state index in [0.29, 0.717) is 22.3 Å². The van der Waals surface area contributed by atoms with E-state index in [0.717, 1.165) is 5.69 Å². The topological polar surface area (TPSA) is 52.6 Å². The van der Waals surface area contributed by atoms with Crippen molar-refractivity contribution in [3.05, 3.63) is 22.7 Å². The van der Waals surface area contributed by atoms with Crippen LogP contribution < -0.4 is 10.2 Å². The zero-order valence-corrected chi connectivity index (χ0v) is 13.0. The number of carbonyl (C=O) groups is 1. The molecule has 1 atom stereocenters. The highest BCUT2D eigenvalue weighted by Crippen LogP contribution is 2.40. The molecule has 1 saturated carbocycles. The zero-order valence-electron chi connectivity index (χ0n) is 12.2. The third kappa shape index (κ3) is 2.74. The van der Waals surface area contributed by atoms with Gasteiger partial charge in [-0.3, -0.25) is 4.79 Å². The van der Waals surface area contributed by atoms with Gasteiger partial charge in [-0.1, -0.05) is 37.3 Å². The Morgan fingerprint density at radius 3 is 2.57 bits per heavy atom. The van der Waals surface area contributed by atoms with Crippen molar-refractivity contribution in [3.8, 4) is 0 Å². The van der Waals surface area contributed by atoms with E-state index in [2.05, 4.69) is 17.3 Å². The van der Waals surface area contributed by atoms with Gasteiger partial charge < -0.3 is 15.3 Å². The van der Waals surface area contributed by atoms with Crippen molar-refractivity contribution in [2.24, 2.45) is 0 Å². The van der Waals surface area contributed by atoms with Gasteiger partial charge in [0.25, 0.3) is 5.91 Å². The molecule has 4 nitrogen and oxygen atoms in total. The van der Waals surface area contributed by atoms with Gasteiger partial charge in [0, 0.05) is 24.3 Å². The third-order valence-corrected chi connectivity index (χ3v) is 4.97. The number of hydrogen-bond donors (Lipinski definition) is 2. The van der Waals surface area contributed by atoms with Gasteiger partial charge in [-0.25, -0.2) is 0 Å². The van der Waals surface area contributed by atoms with Gasteiger partial charge in [0.1, 0.15) is 0 Å². The smallest absolute Gasteiger partial charge is 0.257 e. The molecule has 1 aliphatic carbocycles. The van der Waals surface area contributed by atoms with Gasteiger partial charge in [0.15, 0.2) is 6.10 Å². The first-order valence-electron chi connectivity index (χ1n) is 7.63. The largest absolute Gasteiger partial charge is 0.378 e. The maximum absolute atomic E-state index is 11.6. The van der Waals surface area contributed by atoms with Gasteiger partial charge >= 0.3 is 0 Å². The number of amides is 1. The van der Waals surface area contributed by atoms with Gasteiger partial charge in [-0.15, -0.1) is 0 Å². The number of benzene rings is 1. The Morgan fingerprint density at radius 2 is 1.90 bits per heavy atom. The molecule has 0 saturated heterocycles. The average molecular weight is 309 g/mol. The summed E-state index contributed by atoms with van der Waals surface area (Å²) in [6.45, 7) is 0. The molecule has 2 aliphatic rings. The summed E-state index contributed by atoms with van der Waals surface area (Å²) in [6, 6.07) is 4.09. The molecule has 1 amide bonds. The van der Waals surface area contributed by atoms with E-state index in [1.165, 1.54) is 38.5 Å². The lowest BCUT2D eigenvalue weighted by Gasteiger charge is -2.30. The Bertz CT molecular complexity index is 553. The van der Waals surface area contributed by atoms with Crippen LogP contribution in [0, 0.1) is 0 Å². The van der Waals surface area contributed by atoms with Crippen molar-refractivity contribution < 1.29 is 9.90 Å². The minimum atomic E-state index is -1.10. The third-order valence-electron chi connectivity index (χ3n) is 4.67. The molecule has 2 N–H and O–H groups in total. The first-order valence-corrected chi connectivity index (χ1v) is 8.01. The van der Waals surface area contributed by atoms with Crippen LogP contribution in [-0.2, 0) is 4.79 Å². The Hall–Kier alpha value is -1.26. The van der Waals surface area contributed by atoms with Crippen LogP contribution in [0.3, 0.4) is 0 Å². The lowest BCUT2D eigenvalue weighted by Crippen LogP contribution is -2.31. The highest BCUT2D eigenvalue weighted by molar-refractivity contribution is 6.33. The molecular weight excluding hydrogens is 288 g/mol. The molecule has 1 aromatic rings. The van der Waals surface area contributed by atoms with Crippen LogP contribution in [0.25, 0.3) is 0 Å². The van der Waals surface area contributed by atoms with E-state index in [9.17, 15) is 9.90 Å². The Morgan fingerprint density at radius 1 is 1.24 bits per heavy atom. The number of nitrogens with one attached hydrogen (secondary N) is 1. The fraction of sp³-hybridized carbons (Fsp3) is 0.562. The first-order chi connectivity index (χ1) is 10.1. The quantitative estimate of drug-likeness (QED) is 0.822. The summed E-state index contributed by atoms with van der Waals surface area (Å²) >= 11 is 6.38. The summed E-state index contributed by atoms with van der Waals surface area (Å²) < 4.78 is 0. The van der Waals surface area contributed by atoms with Crippen molar-refractivity contribution >= 4 is 28.9 Å². The van der Waals surface area contributed by atoms with Crippen molar-refractivity contribution in [3.63, 3.8) is 0 Å². The number of hydrogen-bond acceptors (Lipinski definition) is 3.